The van der Waals surface area contributed by atoms with Gasteiger partial charge in [-0.3, -0.25) is 4.90 Å². The molecule has 0 saturated carbocycles. The Morgan fingerprint density at radius 1 is 1.19 bits per heavy atom. The molecule has 4 aliphatic heterocycles. The van der Waals surface area contributed by atoms with Crippen molar-refractivity contribution in [2.24, 2.45) is 0 Å². The number of aromatic hydroxyl groups is 1. The summed E-state index contributed by atoms with van der Waals surface area (Å²) in [5.41, 5.74) is 0.930. The van der Waals surface area contributed by atoms with E-state index in [0.29, 0.717) is 39.3 Å². The third kappa shape index (κ3) is 4.13. The van der Waals surface area contributed by atoms with E-state index in [4.69, 9.17) is 16.1 Å². The van der Waals surface area contributed by atoms with Gasteiger partial charge in [-0.1, -0.05) is 24.0 Å². The van der Waals surface area contributed by atoms with Crippen LogP contribution in [0.5, 0.6) is 5.75 Å². The first-order chi connectivity index (χ1) is 21.0. The Morgan fingerprint density at radius 3 is 2.88 bits per heavy atom. The largest absolute Gasteiger partial charge is 0.508 e. The van der Waals surface area contributed by atoms with E-state index in [1.54, 1.807) is 25.3 Å². The first kappa shape index (κ1) is 26.3. The Kier molecular flexibility index (Phi) is 6.02. The van der Waals surface area contributed by atoms with E-state index < -0.39 is 5.82 Å². The molecule has 9 nitrogen and oxygen atoms in total. The molecule has 2 aromatic heterocycles. The number of nitrogens with one attached hydrogen (secondary N) is 1. The summed E-state index contributed by atoms with van der Waals surface area (Å²) >= 11 is 0. The lowest BCUT2D eigenvalue weighted by atomic mass is 9.94. The number of methoxy groups -OCH3 is 1. The Labute approximate surface area is 248 Å². The number of piperazine rings is 1. The normalized spacial score (nSPS) is 26.2. The van der Waals surface area contributed by atoms with Gasteiger partial charge in [0.2, 0.25) is 5.82 Å². The Bertz CT molecular complexity index is 1910. The number of hydrogen-bond donors (Lipinski definition) is 2. The summed E-state index contributed by atoms with van der Waals surface area (Å²) < 4.78 is 22.4. The predicted octanol–water partition coefficient (Wildman–Crippen LogP) is 3.22. The first-order valence-corrected chi connectivity index (χ1v) is 14.7. The maximum absolute atomic E-state index is 16.7. The van der Waals surface area contributed by atoms with E-state index in [2.05, 4.69) is 48.1 Å². The quantitative estimate of drug-likeness (QED) is 0.357. The summed E-state index contributed by atoms with van der Waals surface area (Å²) in [6.07, 6.45) is 9.78. The van der Waals surface area contributed by atoms with Crippen molar-refractivity contribution in [3.8, 4) is 41.2 Å². The van der Waals surface area contributed by atoms with Crippen molar-refractivity contribution in [1.82, 2.24) is 30.4 Å². The molecule has 0 unspecified atom stereocenters. The standard InChI is InChI=1S/C33H30FN7O2/c1-3-19-6-4-7-20-12-23(42)14-25(27(19)20)29-28(34)30-31(39-38-29)32(41-17-21-13-22(41)16-35-21)37-26(36-30)8-10-33-9-5-11-40(33)18-24(15-33)43-2/h1,4,6-7,12,14,21-22,24,35,42H,5,9,11,13,15-18H2,2H3/t21-,22-,24+,33+/m0/s1. The van der Waals surface area contributed by atoms with Gasteiger partial charge in [0.1, 0.15) is 17.0 Å². The fraction of sp³-hybridized carbons (Fsp3) is 0.394. The highest BCUT2D eigenvalue weighted by Gasteiger charge is 2.47. The molecule has 6 heterocycles. The molecule has 4 atom stereocenters. The molecule has 4 fully saturated rings. The molecule has 0 radical (unpaired) electrons. The minimum Gasteiger partial charge on any atom is -0.508 e. The van der Waals surface area contributed by atoms with E-state index in [0.717, 1.165) is 51.9 Å². The minimum atomic E-state index is -0.654. The number of nitrogens with zero attached hydrogens (tertiary/aromatic N) is 6. The smallest absolute Gasteiger partial charge is 0.207 e. The lowest BCUT2D eigenvalue weighted by Crippen LogP contribution is -2.44. The first-order valence-electron chi connectivity index (χ1n) is 14.7. The topological polar surface area (TPSA) is 99.5 Å². The lowest BCUT2D eigenvalue weighted by molar-refractivity contribution is 0.108. The van der Waals surface area contributed by atoms with Crippen molar-refractivity contribution in [2.45, 2.75) is 49.4 Å². The SMILES string of the molecule is C#Cc1cccc2cc(O)cc(-c3nnc4c(N5C[C@@H]6C[C@H]5CN6)nc(C#C[C@@]56CCCN5C[C@H](OC)C6)nc4c3F)c12. The van der Waals surface area contributed by atoms with Gasteiger partial charge < -0.3 is 20.1 Å². The van der Waals surface area contributed by atoms with Crippen LogP contribution in [0, 0.1) is 30.0 Å². The number of anilines is 1. The zero-order chi connectivity index (χ0) is 29.3. The van der Waals surface area contributed by atoms with E-state index in [1.165, 1.54) is 6.07 Å². The zero-order valence-corrected chi connectivity index (χ0v) is 23.8. The van der Waals surface area contributed by atoms with Crippen LogP contribution in [-0.2, 0) is 4.74 Å². The van der Waals surface area contributed by atoms with Crippen molar-refractivity contribution >= 4 is 27.6 Å². The molecule has 43 heavy (non-hydrogen) atoms. The second-order valence-electron chi connectivity index (χ2n) is 12.0. The number of ether oxygens (including phenoxy) is 1. The van der Waals surface area contributed by atoms with Crippen molar-refractivity contribution in [3.05, 3.63) is 47.5 Å². The molecule has 0 spiro atoms. The number of phenolic OH excluding ortho intramolecular Hbond substituents is 1. The van der Waals surface area contributed by atoms with Gasteiger partial charge in [0.15, 0.2) is 17.2 Å². The molecule has 8 rings (SSSR count). The number of rotatable bonds is 3. The van der Waals surface area contributed by atoms with Gasteiger partial charge >= 0.3 is 0 Å². The predicted molar refractivity (Wildman–Crippen MR) is 161 cm³/mol. The van der Waals surface area contributed by atoms with Gasteiger partial charge in [-0.15, -0.1) is 16.6 Å². The number of phenols is 1. The summed E-state index contributed by atoms with van der Waals surface area (Å²) in [6.45, 7) is 3.40. The van der Waals surface area contributed by atoms with Crippen LogP contribution < -0.4 is 10.2 Å². The Hall–Kier alpha value is -4.35. The number of fused-ring (bicyclic) bond motifs is 5. The minimum absolute atomic E-state index is 0.0280. The number of benzene rings is 2. The van der Waals surface area contributed by atoms with E-state index in [1.807, 2.05) is 6.07 Å². The van der Waals surface area contributed by atoms with Crippen molar-refractivity contribution in [1.29, 1.82) is 0 Å². The van der Waals surface area contributed by atoms with Crippen LogP contribution >= 0.6 is 0 Å². The number of halogens is 1. The number of terminal acetylenes is 1. The van der Waals surface area contributed by atoms with Crippen LogP contribution in [0.15, 0.2) is 30.3 Å². The highest BCUT2D eigenvalue weighted by molar-refractivity contribution is 6.02. The second-order valence-corrected chi connectivity index (χ2v) is 12.0. The molecule has 4 aromatic rings. The van der Waals surface area contributed by atoms with E-state index in [-0.39, 0.29) is 40.5 Å². The summed E-state index contributed by atoms with van der Waals surface area (Å²) in [4.78, 5) is 14.1. The van der Waals surface area contributed by atoms with Crippen LogP contribution in [0.2, 0.25) is 0 Å². The molecule has 4 aliphatic rings. The molecular formula is C33H30FN7O2. The highest BCUT2D eigenvalue weighted by Crippen LogP contribution is 2.40. The van der Waals surface area contributed by atoms with E-state index >= 15 is 4.39 Å². The molecule has 2 N–H and O–H groups in total. The van der Waals surface area contributed by atoms with Gasteiger partial charge in [-0.2, -0.15) is 0 Å². The van der Waals surface area contributed by atoms with Crippen LogP contribution in [-0.4, -0.2) is 87.2 Å². The molecule has 216 valence electrons. The van der Waals surface area contributed by atoms with Gasteiger partial charge in [0, 0.05) is 61.8 Å². The van der Waals surface area contributed by atoms with Crippen molar-refractivity contribution < 1.29 is 14.2 Å². The molecule has 2 aromatic carbocycles. The Morgan fingerprint density at radius 2 is 2.09 bits per heavy atom. The maximum atomic E-state index is 16.7. The molecule has 4 saturated heterocycles. The second kappa shape index (κ2) is 9.85. The third-order valence-electron chi connectivity index (χ3n) is 9.59. The molecule has 0 amide bonds. The van der Waals surface area contributed by atoms with E-state index in [9.17, 15) is 5.11 Å². The number of hydrogen-bond acceptors (Lipinski definition) is 9. The Balaban J connectivity index is 1.32. The summed E-state index contributed by atoms with van der Waals surface area (Å²) in [6, 6.07) is 9.04. The molecule has 2 bridgehead atoms. The third-order valence-corrected chi connectivity index (χ3v) is 9.59. The zero-order valence-electron chi connectivity index (χ0n) is 23.8. The molecule has 10 heteroatoms. The fourth-order valence-electron chi connectivity index (χ4n) is 7.55. The number of aromatic nitrogens is 4. The average molecular weight is 576 g/mol. The maximum Gasteiger partial charge on any atom is 0.207 e. The summed E-state index contributed by atoms with van der Waals surface area (Å²) in [5.74, 6) is 9.53. The fourth-order valence-corrected chi connectivity index (χ4v) is 7.55. The van der Waals surface area contributed by atoms with Crippen molar-refractivity contribution in [3.63, 3.8) is 0 Å². The van der Waals surface area contributed by atoms with Crippen LogP contribution in [0.25, 0.3) is 33.1 Å². The van der Waals surface area contributed by atoms with Gasteiger partial charge in [-0.05, 0) is 55.3 Å². The van der Waals surface area contributed by atoms with Crippen LogP contribution in [0.4, 0.5) is 10.2 Å². The van der Waals surface area contributed by atoms with Crippen LogP contribution in [0.3, 0.4) is 0 Å². The van der Waals surface area contributed by atoms with Gasteiger partial charge in [-0.25, -0.2) is 14.4 Å². The van der Waals surface area contributed by atoms with Crippen molar-refractivity contribution in [2.75, 3.05) is 38.2 Å². The molecular weight excluding hydrogens is 545 g/mol. The average Bonchev–Trinajstić information content (AvgIpc) is 3.80. The summed E-state index contributed by atoms with van der Waals surface area (Å²) in [5, 5.41) is 24.2. The highest BCUT2D eigenvalue weighted by atomic mass is 19.1. The monoisotopic (exact) mass is 575 g/mol. The van der Waals surface area contributed by atoms with Gasteiger partial charge in [0.05, 0.1) is 11.6 Å². The van der Waals surface area contributed by atoms with Crippen LogP contribution in [0.1, 0.15) is 37.1 Å². The summed E-state index contributed by atoms with van der Waals surface area (Å²) in [7, 11) is 1.74. The van der Waals surface area contributed by atoms with Gasteiger partial charge in [0.25, 0.3) is 0 Å². The molecule has 0 aliphatic carbocycles. The lowest BCUT2D eigenvalue weighted by Gasteiger charge is -2.29.